The van der Waals surface area contributed by atoms with Gasteiger partial charge in [0.15, 0.2) is 5.82 Å². The van der Waals surface area contributed by atoms with E-state index in [-0.39, 0.29) is 31.2 Å². The van der Waals surface area contributed by atoms with Crippen molar-refractivity contribution in [2.24, 2.45) is 10.7 Å². The molecule has 0 fully saturated rings. The fourth-order valence-corrected chi connectivity index (χ4v) is 6.45. The van der Waals surface area contributed by atoms with Crippen LogP contribution in [-0.2, 0) is 9.59 Å². The molecule has 0 radical (unpaired) electrons. The average Bonchev–Trinajstić information content (AvgIpc) is 3.50. The Kier molecular flexibility index (Phi) is 9.98. The first-order valence-corrected chi connectivity index (χ1v) is 15.7. The number of carbonyl (C=O) groups is 2. The van der Waals surface area contributed by atoms with E-state index < -0.39 is 6.04 Å². The fraction of sp³-hybridized carbons (Fsp3) is 0.303. The van der Waals surface area contributed by atoms with E-state index in [2.05, 4.69) is 46.5 Å². The number of thiophene rings is 1. The normalized spacial score (nSPS) is 13.5. The number of carbonyl (C=O) groups excluding carboxylic acids is 2. The number of aromatic nitrogens is 3. The third-order valence-corrected chi connectivity index (χ3v) is 8.89. The topological polar surface area (TPSA) is 137 Å². The predicted octanol–water partition coefficient (Wildman–Crippen LogP) is 5.04. The smallest absolute Gasteiger partial charge is 0.224 e. The van der Waals surface area contributed by atoms with Crippen molar-refractivity contribution in [3.05, 3.63) is 86.3 Å². The molecule has 0 spiro atoms. The summed E-state index contributed by atoms with van der Waals surface area (Å²) in [7, 11) is 1.56. The van der Waals surface area contributed by atoms with Gasteiger partial charge >= 0.3 is 0 Å². The number of nitrogens with zero attached hydrogens (tertiary/aromatic N) is 4. The first-order valence-electron chi connectivity index (χ1n) is 14.5. The van der Waals surface area contributed by atoms with E-state index in [1.54, 1.807) is 36.6 Å². The molecule has 5 rings (SSSR count). The highest BCUT2D eigenvalue weighted by atomic mass is 35.5. The minimum atomic E-state index is -0.564. The van der Waals surface area contributed by atoms with Crippen LogP contribution in [0.1, 0.15) is 64.1 Å². The summed E-state index contributed by atoms with van der Waals surface area (Å²) in [6, 6.07) is 12.2. The second-order valence-electron chi connectivity index (χ2n) is 10.5. The zero-order chi connectivity index (χ0) is 32.1. The molecule has 0 bridgehead atoms. The van der Waals surface area contributed by atoms with E-state index in [1.165, 1.54) is 4.88 Å². The molecule has 1 aliphatic rings. The molecule has 232 valence electrons. The first kappa shape index (κ1) is 31.9. The van der Waals surface area contributed by atoms with E-state index in [4.69, 9.17) is 27.1 Å². The van der Waals surface area contributed by atoms with Crippen LogP contribution in [0.3, 0.4) is 0 Å². The van der Waals surface area contributed by atoms with Crippen molar-refractivity contribution in [1.29, 1.82) is 0 Å². The number of fused-ring (bicyclic) bond motifs is 3. The van der Waals surface area contributed by atoms with Crippen LogP contribution in [0.25, 0.3) is 5.00 Å². The van der Waals surface area contributed by atoms with Crippen molar-refractivity contribution >= 4 is 46.2 Å². The Labute approximate surface area is 271 Å². The van der Waals surface area contributed by atoms with Crippen LogP contribution >= 0.6 is 22.9 Å². The highest BCUT2D eigenvalue weighted by Crippen LogP contribution is 2.39. The SMILES string of the molecule is COc1ccc(NC(=O)CCCNC(=O)CC2N=C(c3ccc(Cl)cc3)c3c(sc(C)c3C)-n3c(C)nnc32)cc1C#CCN. The number of amides is 2. The molecule has 0 aliphatic carbocycles. The maximum atomic E-state index is 13.2. The molecule has 1 atom stereocenters. The van der Waals surface area contributed by atoms with Gasteiger partial charge in [-0.25, -0.2) is 0 Å². The molecule has 2 aromatic heterocycles. The molecule has 3 heterocycles. The van der Waals surface area contributed by atoms with Gasteiger partial charge in [0, 0.05) is 39.7 Å². The number of halogens is 1. The Bertz CT molecular complexity index is 1830. The van der Waals surface area contributed by atoms with Crippen LogP contribution in [-0.4, -0.2) is 52.5 Å². The molecule has 0 saturated carbocycles. The third kappa shape index (κ3) is 7.09. The van der Waals surface area contributed by atoms with Gasteiger partial charge in [-0.1, -0.05) is 35.6 Å². The average molecular weight is 644 g/mol. The number of hydrogen-bond acceptors (Lipinski definition) is 8. The summed E-state index contributed by atoms with van der Waals surface area (Å²) in [5.41, 5.74) is 10.6. The molecule has 0 saturated heterocycles. The Balaban J connectivity index is 1.26. The van der Waals surface area contributed by atoms with Gasteiger partial charge in [-0.05, 0) is 63.1 Å². The van der Waals surface area contributed by atoms with Crippen molar-refractivity contribution < 1.29 is 14.3 Å². The van der Waals surface area contributed by atoms with Crippen molar-refractivity contribution in [3.8, 4) is 22.6 Å². The number of nitrogens with one attached hydrogen (secondary N) is 2. The third-order valence-electron chi connectivity index (χ3n) is 7.45. The number of aryl methyl sites for hydroxylation is 2. The van der Waals surface area contributed by atoms with E-state index in [0.717, 1.165) is 33.2 Å². The number of nitrogens with two attached hydrogens (primary N) is 1. The number of rotatable bonds is 9. The second kappa shape index (κ2) is 14.1. The summed E-state index contributed by atoms with van der Waals surface area (Å²) in [4.78, 5) is 32.1. The largest absolute Gasteiger partial charge is 0.495 e. The highest BCUT2D eigenvalue weighted by molar-refractivity contribution is 7.15. The summed E-state index contributed by atoms with van der Waals surface area (Å²) in [6.45, 7) is 6.63. The van der Waals surface area contributed by atoms with E-state index in [0.29, 0.717) is 40.8 Å². The molecule has 2 aromatic carbocycles. The van der Waals surface area contributed by atoms with Gasteiger partial charge in [0.1, 0.15) is 22.6 Å². The molecular formula is C33H34ClN7O3S. The minimum absolute atomic E-state index is 0.0762. The predicted molar refractivity (Wildman–Crippen MR) is 178 cm³/mol. The van der Waals surface area contributed by atoms with Crippen molar-refractivity contribution in [1.82, 2.24) is 20.1 Å². The number of ether oxygens (including phenoxy) is 1. The quantitative estimate of drug-likeness (QED) is 0.173. The lowest BCUT2D eigenvalue weighted by atomic mass is 9.99. The highest BCUT2D eigenvalue weighted by Gasteiger charge is 2.32. The lowest BCUT2D eigenvalue weighted by Gasteiger charge is -2.13. The number of methoxy groups -OCH3 is 1. The van der Waals surface area contributed by atoms with Gasteiger partial charge in [0.25, 0.3) is 0 Å². The Morgan fingerprint density at radius 3 is 2.62 bits per heavy atom. The van der Waals surface area contributed by atoms with E-state index in [9.17, 15) is 9.59 Å². The minimum Gasteiger partial charge on any atom is -0.495 e. The number of benzene rings is 2. The standard InChI is InChI=1S/C33H34ClN7O3S/c1-19-20(2)45-33-30(19)31(22-9-11-24(34)12-10-22)38-26(32-40-39-21(3)41(32)33)18-29(43)36-16-6-8-28(42)37-25-13-14-27(44-4)23(17-25)7-5-15-35/h9-14,17,26H,6,8,15-16,18,35H2,1-4H3,(H,36,43)(H,37,42). The second-order valence-corrected chi connectivity index (χ2v) is 12.2. The van der Waals surface area contributed by atoms with Crippen LogP contribution in [0.5, 0.6) is 5.75 Å². The summed E-state index contributed by atoms with van der Waals surface area (Å²) < 4.78 is 7.34. The fourth-order valence-electron chi connectivity index (χ4n) is 5.11. The monoisotopic (exact) mass is 643 g/mol. The van der Waals surface area contributed by atoms with Crippen LogP contribution in [0, 0.1) is 32.6 Å². The lowest BCUT2D eigenvalue weighted by Crippen LogP contribution is -2.27. The maximum absolute atomic E-state index is 13.2. The molecule has 1 aliphatic heterocycles. The molecule has 4 N–H and O–H groups in total. The van der Waals surface area contributed by atoms with E-state index >= 15 is 0 Å². The lowest BCUT2D eigenvalue weighted by molar-refractivity contribution is -0.122. The van der Waals surface area contributed by atoms with Gasteiger partial charge in [-0.15, -0.1) is 21.5 Å². The van der Waals surface area contributed by atoms with Crippen molar-refractivity contribution in [3.63, 3.8) is 0 Å². The maximum Gasteiger partial charge on any atom is 0.224 e. The Morgan fingerprint density at radius 2 is 1.89 bits per heavy atom. The Hall–Kier alpha value is -4.50. The zero-order valence-electron chi connectivity index (χ0n) is 25.5. The molecular weight excluding hydrogens is 610 g/mol. The van der Waals surface area contributed by atoms with Crippen LogP contribution < -0.4 is 21.1 Å². The first-order chi connectivity index (χ1) is 21.7. The van der Waals surface area contributed by atoms with Crippen molar-refractivity contribution in [2.75, 3.05) is 25.5 Å². The molecule has 12 heteroatoms. The summed E-state index contributed by atoms with van der Waals surface area (Å²) in [6.07, 6.45) is 0.764. The van der Waals surface area contributed by atoms with Crippen LogP contribution in [0.4, 0.5) is 5.69 Å². The molecule has 2 amide bonds. The molecule has 4 aromatic rings. The molecule has 45 heavy (non-hydrogen) atoms. The Morgan fingerprint density at radius 1 is 1.11 bits per heavy atom. The molecule has 1 unspecified atom stereocenters. The summed E-state index contributed by atoms with van der Waals surface area (Å²) in [5.74, 6) is 7.32. The molecule has 10 nitrogen and oxygen atoms in total. The van der Waals surface area contributed by atoms with Gasteiger partial charge < -0.3 is 21.1 Å². The van der Waals surface area contributed by atoms with E-state index in [1.807, 2.05) is 35.8 Å². The number of aliphatic imine (C=N–C) groups is 1. The van der Waals surface area contributed by atoms with Gasteiger partial charge in [0.05, 0.1) is 31.4 Å². The number of hydrogen-bond donors (Lipinski definition) is 3. The van der Waals surface area contributed by atoms with Crippen molar-refractivity contribution in [2.45, 2.75) is 46.1 Å². The zero-order valence-corrected chi connectivity index (χ0v) is 27.1. The van der Waals surface area contributed by atoms with Crippen LogP contribution in [0.15, 0.2) is 47.5 Å². The summed E-state index contributed by atoms with van der Waals surface area (Å²) in [5, 5.41) is 16.2. The number of anilines is 1. The summed E-state index contributed by atoms with van der Waals surface area (Å²) >= 11 is 7.86. The van der Waals surface area contributed by atoms with Gasteiger partial charge in [-0.3, -0.25) is 19.1 Å². The van der Waals surface area contributed by atoms with Crippen LogP contribution in [0.2, 0.25) is 5.02 Å². The van der Waals surface area contributed by atoms with Gasteiger partial charge in [-0.2, -0.15) is 0 Å². The van der Waals surface area contributed by atoms with Gasteiger partial charge in [0.2, 0.25) is 11.8 Å².